The topological polar surface area (TPSA) is 30.5 Å². The Bertz CT molecular complexity index is 400. The molecule has 2 fully saturated rings. The van der Waals surface area contributed by atoms with Gasteiger partial charge in [-0.25, -0.2) is 0 Å². The van der Waals surface area contributed by atoms with Crippen LogP contribution in [0.15, 0.2) is 30.3 Å². The Hall–Kier alpha value is -0.900. The highest BCUT2D eigenvalue weighted by molar-refractivity contribution is 5.18. The van der Waals surface area contributed by atoms with Crippen molar-refractivity contribution in [3.63, 3.8) is 0 Å². The largest absolute Gasteiger partial charge is 0.378 e. The molecule has 2 aliphatic heterocycles. The first-order chi connectivity index (χ1) is 9.27. The van der Waals surface area contributed by atoms with Gasteiger partial charge in [0.1, 0.15) is 0 Å². The Kier molecular flexibility index (Phi) is 3.87. The quantitative estimate of drug-likeness (QED) is 0.907. The summed E-state index contributed by atoms with van der Waals surface area (Å²) >= 11 is 0. The van der Waals surface area contributed by atoms with Gasteiger partial charge in [-0.3, -0.25) is 0 Å². The average molecular weight is 261 g/mol. The van der Waals surface area contributed by atoms with E-state index in [4.69, 9.17) is 9.47 Å². The molecule has 2 heterocycles. The monoisotopic (exact) mass is 261 g/mol. The fourth-order valence-electron chi connectivity index (χ4n) is 3.22. The standard InChI is InChI=1S/C16H23NO2/c1-13(14-5-3-2-4-6-14)17-15-7-9-19-16(11-15)8-10-18-12-16/h2-6,13,15,17H,7-12H2,1H3. The lowest BCUT2D eigenvalue weighted by atomic mass is 9.89. The van der Waals surface area contributed by atoms with Crippen molar-refractivity contribution >= 4 is 0 Å². The summed E-state index contributed by atoms with van der Waals surface area (Å²) in [5.41, 5.74) is 1.34. The molecule has 0 bridgehead atoms. The second kappa shape index (κ2) is 5.61. The smallest absolute Gasteiger partial charge is 0.0951 e. The van der Waals surface area contributed by atoms with Crippen LogP contribution >= 0.6 is 0 Å². The van der Waals surface area contributed by atoms with Crippen LogP contribution in [0.1, 0.15) is 37.8 Å². The zero-order valence-electron chi connectivity index (χ0n) is 11.6. The molecule has 0 saturated carbocycles. The third-order valence-electron chi connectivity index (χ3n) is 4.35. The molecule has 19 heavy (non-hydrogen) atoms. The highest BCUT2D eigenvalue weighted by atomic mass is 16.6. The fourth-order valence-corrected chi connectivity index (χ4v) is 3.22. The van der Waals surface area contributed by atoms with Gasteiger partial charge in [0.05, 0.1) is 12.2 Å². The van der Waals surface area contributed by atoms with E-state index in [1.54, 1.807) is 0 Å². The molecule has 0 aliphatic carbocycles. The lowest BCUT2D eigenvalue weighted by molar-refractivity contribution is -0.0902. The van der Waals surface area contributed by atoms with Crippen molar-refractivity contribution in [3.8, 4) is 0 Å². The highest BCUT2D eigenvalue weighted by Gasteiger charge is 2.41. The van der Waals surface area contributed by atoms with Crippen molar-refractivity contribution in [1.82, 2.24) is 5.32 Å². The molecular weight excluding hydrogens is 238 g/mol. The maximum absolute atomic E-state index is 5.98. The maximum atomic E-state index is 5.98. The second-order valence-electron chi connectivity index (χ2n) is 5.82. The third-order valence-corrected chi connectivity index (χ3v) is 4.35. The number of nitrogens with one attached hydrogen (secondary N) is 1. The molecule has 3 nitrogen and oxygen atoms in total. The molecule has 0 aromatic heterocycles. The van der Waals surface area contributed by atoms with E-state index >= 15 is 0 Å². The van der Waals surface area contributed by atoms with E-state index in [1.807, 2.05) is 0 Å². The molecule has 3 rings (SSSR count). The van der Waals surface area contributed by atoms with E-state index in [0.717, 1.165) is 39.1 Å². The van der Waals surface area contributed by atoms with Crippen molar-refractivity contribution in [1.29, 1.82) is 0 Å². The van der Waals surface area contributed by atoms with Gasteiger partial charge in [0.25, 0.3) is 0 Å². The van der Waals surface area contributed by atoms with Gasteiger partial charge in [0, 0.05) is 31.7 Å². The number of rotatable bonds is 3. The highest BCUT2D eigenvalue weighted by Crippen LogP contribution is 2.33. The summed E-state index contributed by atoms with van der Waals surface area (Å²) in [6, 6.07) is 11.6. The van der Waals surface area contributed by atoms with Crippen molar-refractivity contribution in [2.24, 2.45) is 0 Å². The van der Waals surface area contributed by atoms with Gasteiger partial charge in [0.2, 0.25) is 0 Å². The second-order valence-corrected chi connectivity index (χ2v) is 5.82. The fraction of sp³-hybridized carbons (Fsp3) is 0.625. The van der Waals surface area contributed by atoms with Crippen molar-refractivity contribution < 1.29 is 9.47 Å². The Morgan fingerprint density at radius 2 is 2.11 bits per heavy atom. The van der Waals surface area contributed by atoms with Gasteiger partial charge < -0.3 is 14.8 Å². The summed E-state index contributed by atoms with van der Waals surface area (Å²) in [5.74, 6) is 0. The van der Waals surface area contributed by atoms with Crippen molar-refractivity contribution in [2.45, 2.75) is 43.9 Å². The zero-order valence-corrected chi connectivity index (χ0v) is 11.6. The van der Waals surface area contributed by atoms with Crippen LogP contribution in [-0.4, -0.2) is 31.5 Å². The van der Waals surface area contributed by atoms with E-state index in [0.29, 0.717) is 12.1 Å². The van der Waals surface area contributed by atoms with Gasteiger partial charge in [0.15, 0.2) is 0 Å². The molecule has 104 valence electrons. The Balaban J connectivity index is 1.60. The summed E-state index contributed by atoms with van der Waals surface area (Å²) in [4.78, 5) is 0. The van der Waals surface area contributed by atoms with Crippen LogP contribution in [0.3, 0.4) is 0 Å². The molecule has 1 spiro atoms. The minimum atomic E-state index is -0.00761. The number of hydrogen-bond acceptors (Lipinski definition) is 3. The van der Waals surface area contributed by atoms with Gasteiger partial charge >= 0.3 is 0 Å². The van der Waals surface area contributed by atoms with E-state index < -0.39 is 0 Å². The summed E-state index contributed by atoms with van der Waals surface area (Å²) in [6.45, 7) is 4.71. The van der Waals surface area contributed by atoms with Gasteiger partial charge in [-0.15, -0.1) is 0 Å². The molecule has 2 saturated heterocycles. The minimum Gasteiger partial charge on any atom is -0.378 e. The summed E-state index contributed by atoms with van der Waals surface area (Å²) in [5, 5.41) is 3.75. The van der Waals surface area contributed by atoms with Crippen LogP contribution in [0.5, 0.6) is 0 Å². The normalized spacial score (nSPS) is 32.6. The zero-order chi connectivity index (χ0) is 13.1. The molecule has 3 unspecified atom stereocenters. The van der Waals surface area contributed by atoms with Gasteiger partial charge in [-0.2, -0.15) is 0 Å². The summed E-state index contributed by atoms with van der Waals surface area (Å²) < 4.78 is 11.5. The molecular formula is C16H23NO2. The molecule has 1 aromatic carbocycles. The summed E-state index contributed by atoms with van der Waals surface area (Å²) in [6.07, 6.45) is 3.22. The molecule has 3 atom stereocenters. The Labute approximate surface area is 115 Å². The van der Waals surface area contributed by atoms with E-state index in [2.05, 4.69) is 42.6 Å². The first-order valence-corrected chi connectivity index (χ1v) is 7.30. The van der Waals surface area contributed by atoms with Crippen LogP contribution in [0.2, 0.25) is 0 Å². The maximum Gasteiger partial charge on any atom is 0.0951 e. The van der Waals surface area contributed by atoms with Gasteiger partial charge in [-0.1, -0.05) is 30.3 Å². The number of benzene rings is 1. The number of ether oxygens (including phenoxy) is 2. The Morgan fingerprint density at radius 3 is 2.84 bits per heavy atom. The van der Waals surface area contributed by atoms with E-state index in [9.17, 15) is 0 Å². The number of hydrogen-bond donors (Lipinski definition) is 1. The summed E-state index contributed by atoms with van der Waals surface area (Å²) in [7, 11) is 0. The van der Waals surface area contributed by atoms with E-state index in [-0.39, 0.29) is 5.60 Å². The average Bonchev–Trinajstić information content (AvgIpc) is 2.88. The molecule has 0 amide bonds. The predicted molar refractivity (Wildman–Crippen MR) is 75.1 cm³/mol. The minimum absolute atomic E-state index is 0.00761. The Morgan fingerprint density at radius 1 is 1.26 bits per heavy atom. The van der Waals surface area contributed by atoms with E-state index in [1.165, 1.54) is 5.56 Å². The molecule has 3 heteroatoms. The predicted octanol–water partition coefficient (Wildman–Crippen LogP) is 2.68. The van der Waals surface area contributed by atoms with Crippen LogP contribution in [0, 0.1) is 0 Å². The molecule has 2 aliphatic rings. The van der Waals surface area contributed by atoms with Crippen molar-refractivity contribution in [3.05, 3.63) is 35.9 Å². The lowest BCUT2D eigenvalue weighted by Gasteiger charge is -2.38. The van der Waals surface area contributed by atoms with Crippen molar-refractivity contribution in [2.75, 3.05) is 19.8 Å². The third kappa shape index (κ3) is 2.99. The van der Waals surface area contributed by atoms with Crippen LogP contribution < -0.4 is 5.32 Å². The molecule has 0 radical (unpaired) electrons. The van der Waals surface area contributed by atoms with Crippen LogP contribution in [-0.2, 0) is 9.47 Å². The lowest BCUT2D eigenvalue weighted by Crippen LogP contribution is -2.48. The van der Waals surface area contributed by atoms with Crippen LogP contribution in [0.25, 0.3) is 0 Å². The van der Waals surface area contributed by atoms with Gasteiger partial charge in [-0.05, 0) is 25.3 Å². The molecule has 1 aromatic rings. The SMILES string of the molecule is CC(NC1CCOC2(CCOC2)C1)c1ccccc1. The first-order valence-electron chi connectivity index (χ1n) is 7.30. The first kappa shape index (κ1) is 13.1. The molecule has 1 N–H and O–H groups in total. The van der Waals surface area contributed by atoms with Crippen LogP contribution in [0.4, 0.5) is 0 Å².